The molecule has 70 valence electrons. The third-order valence-electron chi connectivity index (χ3n) is 2.20. The van der Waals surface area contributed by atoms with Crippen LogP contribution < -0.4 is 0 Å². The van der Waals surface area contributed by atoms with E-state index < -0.39 is 0 Å². The Balaban J connectivity index is 1.92. The summed E-state index contributed by atoms with van der Waals surface area (Å²) in [5.41, 5.74) is 0.373. The molecule has 13 heavy (non-hydrogen) atoms. The molecule has 1 aromatic carbocycles. The molecule has 0 aromatic heterocycles. The monoisotopic (exact) mass is 194 g/mol. The van der Waals surface area contributed by atoms with Crippen LogP contribution in [0.2, 0.25) is 0 Å². The van der Waals surface area contributed by atoms with E-state index in [-0.39, 0.29) is 0 Å². The van der Waals surface area contributed by atoms with Crippen LogP contribution in [0.3, 0.4) is 0 Å². The summed E-state index contributed by atoms with van der Waals surface area (Å²) in [5.74, 6) is 0. The summed E-state index contributed by atoms with van der Waals surface area (Å²) >= 11 is 1.83. The molecule has 0 unspecified atom stereocenters. The van der Waals surface area contributed by atoms with Crippen LogP contribution in [0, 0.1) is 0 Å². The highest BCUT2D eigenvalue weighted by Gasteiger charge is 2.22. The molecule has 1 nitrogen and oxygen atoms in total. The van der Waals surface area contributed by atoms with Gasteiger partial charge in [-0.2, -0.15) is 0 Å². The molecular formula is C11H14OS. The van der Waals surface area contributed by atoms with Gasteiger partial charge in [0.15, 0.2) is 0 Å². The van der Waals surface area contributed by atoms with E-state index in [4.69, 9.17) is 4.74 Å². The zero-order valence-corrected chi connectivity index (χ0v) is 8.59. The quantitative estimate of drug-likeness (QED) is 0.714. The highest BCUT2D eigenvalue weighted by Crippen LogP contribution is 2.32. The first-order valence-electron chi connectivity index (χ1n) is 4.72. The fourth-order valence-corrected chi connectivity index (χ4v) is 2.62. The van der Waals surface area contributed by atoms with Crippen molar-refractivity contribution in [1.29, 1.82) is 0 Å². The Labute approximate surface area is 83.5 Å². The van der Waals surface area contributed by atoms with Crippen LogP contribution in [0.4, 0.5) is 0 Å². The molecule has 1 saturated heterocycles. The van der Waals surface area contributed by atoms with E-state index in [1.54, 1.807) is 0 Å². The number of hydrogen-bond donors (Lipinski definition) is 0. The lowest BCUT2D eigenvalue weighted by atomic mass is 10.3. The molecule has 0 N–H and O–H groups in total. The maximum Gasteiger partial charge on any atom is 0.108 e. The van der Waals surface area contributed by atoms with Gasteiger partial charge < -0.3 is 4.74 Å². The highest BCUT2D eigenvalue weighted by molar-refractivity contribution is 7.99. The lowest BCUT2D eigenvalue weighted by molar-refractivity contribution is 0.106. The molecule has 1 aliphatic heterocycles. The maximum absolute atomic E-state index is 5.73. The Morgan fingerprint density at radius 2 is 2.00 bits per heavy atom. The number of hydrogen-bond acceptors (Lipinski definition) is 2. The molecule has 0 amide bonds. The normalized spacial score (nSPS) is 27.8. The van der Waals surface area contributed by atoms with Gasteiger partial charge in [-0.25, -0.2) is 0 Å². The Bertz CT molecular complexity index is 260. The molecule has 1 aliphatic rings. The predicted molar refractivity (Wildman–Crippen MR) is 55.9 cm³/mol. The molecule has 0 bridgehead atoms. The summed E-state index contributed by atoms with van der Waals surface area (Å²) in [6.45, 7) is 2.14. The van der Waals surface area contributed by atoms with Gasteiger partial charge in [0.1, 0.15) is 5.44 Å². The Morgan fingerprint density at radius 3 is 2.62 bits per heavy atom. The average molecular weight is 194 g/mol. The molecule has 0 spiro atoms. The van der Waals surface area contributed by atoms with E-state index in [0.29, 0.717) is 11.5 Å². The first kappa shape index (κ1) is 9.10. The molecule has 1 aromatic rings. The van der Waals surface area contributed by atoms with E-state index in [9.17, 15) is 0 Å². The SMILES string of the molecule is C[C@@H]1CC[C@H](Sc2ccccc2)O1. The minimum absolute atomic E-state index is 0.373. The first-order valence-corrected chi connectivity index (χ1v) is 5.60. The standard InChI is InChI=1S/C11H14OS/c1-9-7-8-11(12-9)13-10-5-3-2-4-6-10/h2-6,9,11H,7-8H2,1H3/t9-,11+/m1/s1. The lowest BCUT2D eigenvalue weighted by Gasteiger charge is -2.09. The van der Waals surface area contributed by atoms with E-state index in [0.717, 1.165) is 0 Å². The van der Waals surface area contributed by atoms with E-state index in [1.165, 1.54) is 17.7 Å². The second-order valence-corrected chi connectivity index (χ2v) is 4.62. The second kappa shape index (κ2) is 4.16. The average Bonchev–Trinajstić information content (AvgIpc) is 2.53. The second-order valence-electron chi connectivity index (χ2n) is 3.38. The predicted octanol–water partition coefficient (Wildman–Crippen LogP) is 3.30. The number of benzene rings is 1. The molecule has 0 radical (unpaired) electrons. The molecule has 0 aliphatic carbocycles. The number of rotatable bonds is 2. The van der Waals surface area contributed by atoms with Crippen molar-refractivity contribution in [2.24, 2.45) is 0 Å². The fourth-order valence-electron chi connectivity index (χ4n) is 1.50. The van der Waals surface area contributed by atoms with Gasteiger partial charge >= 0.3 is 0 Å². The third-order valence-corrected chi connectivity index (χ3v) is 3.36. The van der Waals surface area contributed by atoms with Gasteiger partial charge in [0.2, 0.25) is 0 Å². The van der Waals surface area contributed by atoms with Crippen molar-refractivity contribution in [1.82, 2.24) is 0 Å². The van der Waals surface area contributed by atoms with Crippen LogP contribution >= 0.6 is 11.8 Å². The van der Waals surface area contributed by atoms with Crippen molar-refractivity contribution < 1.29 is 4.74 Å². The van der Waals surface area contributed by atoms with Crippen LogP contribution in [0.5, 0.6) is 0 Å². The molecule has 1 heterocycles. The van der Waals surface area contributed by atoms with Crippen molar-refractivity contribution >= 4 is 11.8 Å². The van der Waals surface area contributed by atoms with Crippen molar-refractivity contribution in [2.45, 2.75) is 36.2 Å². The number of thioether (sulfide) groups is 1. The van der Waals surface area contributed by atoms with Gasteiger partial charge in [0.05, 0.1) is 6.10 Å². The minimum Gasteiger partial charge on any atom is -0.364 e. The maximum atomic E-state index is 5.73. The van der Waals surface area contributed by atoms with E-state index in [2.05, 4.69) is 31.2 Å². The zero-order chi connectivity index (χ0) is 9.10. The summed E-state index contributed by atoms with van der Waals surface area (Å²) in [7, 11) is 0. The zero-order valence-electron chi connectivity index (χ0n) is 7.77. The number of ether oxygens (including phenoxy) is 1. The van der Waals surface area contributed by atoms with Crippen LogP contribution in [-0.2, 0) is 4.74 Å². The smallest absolute Gasteiger partial charge is 0.108 e. The molecule has 1 fully saturated rings. The Kier molecular flexibility index (Phi) is 2.91. The lowest BCUT2D eigenvalue weighted by Crippen LogP contribution is -2.02. The van der Waals surface area contributed by atoms with Crippen LogP contribution in [-0.4, -0.2) is 11.5 Å². The fraction of sp³-hybridized carbons (Fsp3) is 0.455. The summed E-state index contributed by atoms with van der Waals surface area (Å²) in [6, 6.07) is 10.5. The summed E-state index contributed by atoms with van der Waals surface area (Å²) < 4.78 is 5.73. The van der Waals surface area contributed by atoms with Gasteiger partial charge in [0.25, 0.3) is 0 Å². The van der Waals surface area contributed by atoms with Crippen molar-refractivity contribution in [3.8, 4) is 0 Å². The summed E-state index contributed by atoms with van der Waals surface area (Å²) in [4.78, 5) is 1.31. The van der Waals surface area contributed by atoms with Crippen LogP contribution in [0.1, 0.15) is 19.8 Å². The molecular weight excluding hydrogens is 180 g/mol. The summed E-state index contributed by atoms with van der Waals surface area (Å²) in [5, 5.41) is 0. The van der Waals surface area contributed by atoms with Crippen molar-refractivity contribution in [2.75, 3.05) is 0 Å². The molecule has 2 heteroatoms. The van der Waals surface area contributed by atoms with Crippen molar-refractivity contribution in [3.05, 3.63) is 30.3 Å². The van der Waals surface area contributed by atoms with Crippen molar-refractivity contribution in [3.63, 3.8) is 0 Å². The van der Waals surface area contributed by atoms with Crippen LogP contribution in [0.25, 0.3) is 0 Å². The topological polar surface area (TPSA) is 9.23 Å². The van der Waals surface area contributed by atoms with Gasteiger partial charge in [-0.3, -0.25) is 0 Å². The van der Waals surface area contributed by atoms with E-state index >= 15 is 0 Å². The molecule has 2 rings (SSSR count). The van der Waals surface area contributed by atoms with Crippen LogP contribution in [0.15, 0.2) is 35.2 Å². The highest BCUT2D eigenvalue weighted by atomic mass is 32.2. The molecule has 0 saturated carbocycles. The molecule has 2 atom stereocenters. The Hall–Kier alpha value is -0.470. The summed E-state index contributed by atoms with van der Waals surface area (Å²) in [6.07, 6.45) is 2.83. The van der Waals surface area contributed by atoms with E-state index in [1.807, 2.05) is 17.8 Å². The van der Waals surface area contributed by atoms with Gasteiger partial charge in [-0.05, 0) is 31.9 Å². The largest absolute Gasteiger partial charge is 0.364 e. The minimum atomic E-state index is 0.373. The van der Waals surface area contributed by atoms with Gasteiger partial charge in [0, 0.05) is 4.90 Å². The third kappa shape index (κ3) is 2.48. The van der Waals surface area contributed by atoms with Gasteiger partial charge in [-0.1, -0.05) is 30.0 Å². The Morgan fingerprint density at radius 1 is 1.23 bits per heavy atom. The first-order chi connectivity index (χ1) is 6.34. The van der Waals surface area contributed by atoms with Gasteiger partial charge in [-0.15, -0.1) is 0 Å².